The maximum absolute atomic E-state index is 10.9. The van der Waals surface area contributed by atoms with Crippen LogP contribution >= 0.6 is 0 Å². The number of hydrogen-bond donors (Lipinski definition) is 1. The van der Waals surface area contributed by atoms with Crippen molar-refractivity contribution in [3.63, 3.8) is 0 Å². The smallest absolute Gasteiger partial charge is 0.289 e. The molecule has 1 aromatic carbocycles. The summed E-state index contributed by atoms with van der Waals surface area (Å²) in [5.41, 5.74) is 1.19. The second-order valence-corrected chi connectivity index (χ2v) is 6.48. The first kappa shape index (κ1) is 14.3. The van der Waals surface area contributed by atoms with E-state index >= 15 is 0 Å². The third-order valence-corrected chi connectivity index (χ3v) is 5.14. The molecule has 0 spiro atoms. The van der Waals surface area contributed by atoms with E-state index in [1.165, 1.54) is 12.1 Å². The minimum atomic E-state index is -0.519. The Labute approximate surface area is 118 Å². The second-order valence-electron chi connectivity index (χ2n) is 6.48. The third-order valence-electron chi connectivity index (χ3n) is 5.14. The summed E-state index contributed by atoms with van der Waals surface area (Å²) in [5, 5.41) is 23.0. The third kappa shape index (κ3) is 2.11. The van der Waals surface area contributed by atoms with Crippen LogP contribution in [0.3, 0.4) is 0 Å². The molecule has 1 saturated carbocycles. The van der Waals surface area contributed by atoms with Crippen LogP contribution in [0.25, 0.3) is 0 Å². The molecule has 0 unspecified atom stereocenters. The molecule has 0 saturated heterocycles. The van der Waals surface area contributed by atoms with Gasteiger partial charge in [-0.1, -0.05) is 27.7 Å². The van der Waals surface area contributed by atoms with E-state index in [-0.39, 0.29) is 22.1 Å². The number of rotatable bonds is 4. The van der Waals surface area contributed by atoms with Gasteiger partial charge in [-0.25, -0.2) is 0 Å². The Bertz CT molecular complexity index is 586. The van der Waals surface area contributed by atoms with Crippen LogP contribution in [0, 0.1) is 38.2 Å². The molecule has 0 aliphatic heterocycles. The van der Waals surface area contributed by atoms with E-state index in [0.717, 1.165) is 6.54 Å². The first-order chi connectivity index (χ1) is 9.21. The van der Waals surface area contributed by atoms with Gasteiger partial charge in [0.25, 0.3) is 5.69 Å². The number of hydrogen-bond acceptors (Lipinski definition) is 4. The minimum Gasteiger partial charge on any atom is -0.385 e. The Morgan fingerprint density at radius 1 is 1.35 bits per heavy atom. The average molecular weight is 273 g/mol. The summed E-state index contributed by atoms with van der Waals surface area (Å²) < 4.78 is 0. The molecule has 1 aliphatic carbocycles. The normalized spacial score (nSPS) is 19.1. The standard InChI is InChI=1S/C15H19N3O2/c1-14(2)13(15(14,3)4)9-17-11-6-5-10(8-16)12(7-11)18(19)20/h5-7,13,17H,9H2,1-4H3. The molecule has 0 atom stereocenters. The van der Waals surface area contributed by atoms with Gasteiger partial charge >= 0.3 is 0 Å². The SMILES string of the molecule is CC1(C)C(CNc2ccc(C#N)c([N+](=O)[O-])c2)C1(C)C. The molecule has 2 rings (SSSR count). The fourth-order valence-electron chi connectivity index (χ4n) is 2.95. The van der Waals surface area contributed by atoms with Crippen molar-refractivity contribution in [2.45, 2.75) is 27.7 Å². The summed E-state index contributed by atoms with van der Waals surface area (Å²) in [6, 6.07) is 6.48. The van der Waals surface area contributed by atoms with Crippen molar-refractivity contribution in [1.82, 2.24) is 0 Å². The first-order valence-electron chi connectivity index (χ1n) is 6.64. The molecule has 0 aromatic heterocycles. The van der Waals surface area contributed by atoms with Crippen LogP contribution in [0.4, 0.5) is 11.4 Å². The van der Waals surface area contributed by atoms with E-state index in [4.69, 9.17) is 5.26 Å². The molecule has 1 aromatic rings. The summed E-state index contributed by atoms with van der Waals surface area (Å²) in [5.74, 6) is 0.532. The van der Waals surface area contributed by atoms with Gasteiger partial charge in [-0.2, -0.15) is 5.26 Å². The van der Waals surface area contributed by atoms with Crippen LogP contribution in [0.1, 0.15) is 33.3 Å². The molecule has 0 heterocycles. The molecular weight excluding hydrogens is 254 g/mol. The van der Waals surface area contributed by atoms with Gasteiger partial charge in [0.1, 0.15) is 11.6 Å². The minimum absolute atomic E-state index is 0.0904. The molecule has 0 radical (unpaired) electrons. The predicted molar refractivity (Wildman–Crippen MR) is 77.4 cm³/mol. The number of nitro benzene ring substituents is 1. The van der Waals surface area contributed by atoms with Gasteiger partial charge in [-0.3, -0.25) is 10.1 Å². The number of nitrogens with zero attached hydrogens (tertiary/aromatic N) is 2. The van der Waals surface area contributed by atoms with Gasteiger partial charge in [-0.05, 0) is 28.9 Å². The van der Waals surface area contributed by atoms with Crippen molar-refractivity contribution < 1.29 is 4.92 Å². The van der Waals surface area contributed by atoms with Crippen molar-refractivity contribution >= 4 is 11.4 Å². The van der Waals surface area contributed by atoms with E-state index in [1.54, 1.807) is 6.07 Å². The van der Waals surface area contributed by atoms with Gasteiger partial charge in [0.05, 0.1) is 4.92 Å². The van der Waals surface area contributed by atoms with Crippen LogP contribution < -0.4 is 5.32 Å². The highest BCUT2D eigenvalue weighted by Crippen LogP contribution is 2.68. The molecule has 5 nitrogen and oxygen atoms in total. The summed E-state index contributed by atoms with van der Waals surface area (Å²) in [6.07, 6.45) is 0. The molecule has 106 valence electrons. The van der Waals surface area contributed by atoms with E-state index < -0.39 is 4.92 Å². The molecule has 0 amide bonds. The zero-order valence-corrected chi connectivity index (χ0v) is 12.2. The lowest BCUT2D eigenvalue weighted by atomic mass is 10.0. The molecular formula is C15H19N3O2. The maximum atomic E-state index is 10.9. The molecule has 5 heteroatoms. The zero-order valence-electron chi connectivity index (χ0n) is 12.2. The highest BCUT2D eigenvalue weighted by molar-refractivity contribution is 5.59. The zero-order chi connectivity index (χ0) is 15.1. The largest absolute Gasteiger partial charge is 0.385 e. The monoisotopic (exact) mass is 273 g/mol. The van der Waals surface area contributed by atoms with Crippen molar-refractivity contribution in [3.05, 3.63) is 33.9 Å². The van der Waals surface area contributed by atoms with Crippen molar-refractivity contribution in [1.29, 1.82) is 5.26 Å². The van der Waals surface area contributed by atoms with Crippen molar-refractivity contribution in [2.75, 3.05) is 11.9 Å². The highest BCUT2D eigenvalue weighted by atomic mass is 16.6. The fraction of sp³-hybridized carbons (Fsp3) is 0.533. The topological polar surface area (TPSA) is 79.0 Å². The van der Waals surface area contributed by atoms with Gasteiger partial charge in [-0.15, -0.1) is 0 Å². The first-order valence-corrected chi connectivity index (χ1v) is 6.64. The van der Waals surface area contributed by atoms with Crippen LogP contribution in [0.15, 0.2) is 18.2 Å². The van der Waals surface area contributed by atoms with Gasteiger partial charge in [0.2, 0.25) is 0 Å². The lowest BCUT2D eigenvalue weighted by Crippen LogP contribution is -2.08. The number of benzene rings is 1. The summed E-state index contributed by atoms with van der Waals surface area (Å²) in [4.78, 5) is 10.4. The summed E-state index contributed by atoms with van der Waals surface area (Å²) in [6.45, 7) is 9.73. The average Bonchev–Trinajstić information content (AvgIpc) is 2.76. The van der Waals surface area contributed by atoms with Crippen molar-refractivity contribution in [2.24, 2.45) is 16.7 Å². The van der Waals surface area contributed by atoms with E-state index in [9.17, 15) is 10.1 Å². The maximum Gasteiger partial charge on any atom is 0.289 e. The number of nitriles is 1. The van der Waals surface area contributed by atoms with Crippen LogP contribution in [0.5, 0.6) is 0 Å². The Balaban J connectivity index is 2.11. The molecule has 1 N–H and O–H groups in total. The molecule has 1 fully saturated rings. The summed E-state index contributed by atoms with van der Waals surface area (Å²) in [7, 11) is 0. The van der Waals surface area contributed by atoms with Gasteiger partial charge in [0.15, 0.2) is 0 Å². The summed E-state index contributed by atoms with van der Waals surface area (Å²) >= 11 is 0. The van der Waals surface area contributed by atoms with E-state index in [2.05, 4.69) is 33.0 Å². The van der Waals surface area contributed by atoms with Crippen LogP contribution in [0.2, 0.25) is 0 Å². The number of anilines is 1. The van der Waals surface area contributed by atoms with Crippen molar-refractivity contribution in [3.8, 4) is 6.07 Å². The Hall–Kier alpha value is -2.09. The Kier molecular flexibility index (Phi) is 3.21. The number of nitrogens with one attached hydrogen (secondary N) is 1. The quantitative estimate of drug-likeness (QED) is 0.672. The van der Waals surface area contributed by atoms with Crippen LogP contribution in [-0.2, 0) is 0 Å². The Morgan fingerprint density at radius 3 is 2.40 bits per heavy atom. The fourth-order valence-corrected chi connectivity index (χ4v) is 2.95. The van der Waals surface area contributed by atoms with Gasteiger partial charge in [0, 0.05) is 18.3 Å². The van der Waals surface area contributed by atoms with Crippen LogP contribution in [-0.4, -0.2) is 11.5 Å². The van der Waals surface area contributed by atoms with E-state index in [1.807, 2.05) is 6.07 Å². The van der Waals surface area contributed by atoms with Gasteiger partial charge < -0.3 is 5.32 Å². The second kappa shape index (κ2) is 4.48. The lowest BCUT2D eigenvalue weighted by Gasteiger charge is -2.08. The predicted octanol–water partition coefficient (Wildman–Crippen LogP) is 3.56. The van der Waals surface area contributed by atoms with E-state index in [0.29, 0.717) is 11.6 Å². The lowest BCUT2D eigenvalue weighted by molar-refractivity contribution is -0.385. The number of nitro groups is 1. The Morgan fingerprint density at radius 2 is 1.95 bits per heavy atom. The molecule has 0 bridgehead atoms. The highest BCUT2D eigenvalue weighted by Gasteiger charge is 2.63. The molecule has 1 aliphatic rings. The molecule has 20 heavy (non-hydrogen) atoms.